The lowest BCUT2D eigenvalue weighted by Gasteiger charge is -2.27. The van der Waals surface area contributed by atoms with Crippen molar-refractivity contribution in [2.24, 2.45) is 5.73 Å². The summed E-state index contributed by atoms with van der Waals surface area (Å²) in [5.74, 6) is -0.498. The highest BCUT2D eigenvalue weighted by atomic mass is 16.3. The number of primary amides is 1. The summed E-state index contributed by atoms with van der Waals surface area (Å²) in [6.45, 7) is 1.81. The van der Waals surface area contributed by atoms with Crippen LogP contribution in [0.25, 0.3) is 0 Å². The molecule has 1 amide bonds. The maximum atomic E-state index is 10.9. The number of aliphatic hydroxyl groups excluding tert-OH is 1. The minimum absolute atomic E-state index is 0.387. The first kappa shape index (κ1) is 9.95. The zero-order valence-corrected chi connectivity index (χ0v) is 7.74. The summed E-state index contributed by atoms with van der Waals surface area (Å²) in [5, 5.41) is 12.5. The van der Waals surface area contributed by atoms with Gasteiger partial charge < -0.3 is 16.2 Å². The van der Waals surface area contributed by atoms with Crippen LogP contribution in [0.15, 0.2) is 23.3 Å². The maximum Gasteiger partial charge on any atom is 0.246 e. The van der Waals surface area contributed by atoms with Gasteiger partial charge >= 0.3 is 0 Å². The predicted octanol–water partition coefficient (Wildman–Crippen LogP) is -0.693. The smallest absolute Gasteiger partial charge is 0.246 e. The van der Waals surface area contributed by atoms with Crippen LogP contribution in [0.4, 0.5) is 0 Å². The van der Waals surface area contributed by atoms with Gasteiger partial charge in [0, 0.05) is 5.57 Å². The second kappa shape index (κ2) is 3.72. The van der Waals surface area contributed by atoms with E-state index in [1.54, 1.807) is 19.2 Å². The van der Waals surface area contributed by atoms with E-state index in [9.17, 15) is 9.90 Å². The standard InChI is InChI=1S/C9H14N2O2/c1-5-3-4-6(9(10)13)7(11-2)8(5)12/h3-4,7-8,11-12H,1-2H3,(H2,10,13). The lowest BCUT2D eigenvalue weighted by Crippen LogP contribution is -2.44. The number of allylic oxidation sites excluding steroid dienone is 2. The van der Waals surface area contributed by atoms with Crippen molar-refractivity contribution < 1.29 is 9.90 Å². The van der Waals surface area contributed by atoms with Gasteiger partial charge in [-0.3, -0.25) is 4.79 Å². The highest BCUT2D eigenvalue weighted by Gasteiger charge is 2.28. The molecule has 1 aliphatic rings. The summed E-state index contributed by atoms with van der Waals surface area (Å²) in [7, 11) is 1.68. The van der Waals surface area contributed by atoms with Crippen molar-refractivity contribution in [2.75, 3.05) is 7.05 Å². The molecular formula is C9H14N2O2. The molecule has 0 radical (unpaired) electrons. The van der Waals surface area contributed by atoms with E-state index in [1.165, 1.54) is 0 Å². The fourth-order valence-electron chi connectivity index (χ4n) is 1.41. The van der Waals surface area contributed by atoms with Crippen LogP contribution in [0.1, 0.15) is 6.92 Å². The summed E-state index contributed by atoms with van der Waals surface area (Å²) in [6, 6.07) is -0.387. The first-order valence-electron chi connectivity index (χ1n) is 4.11. The number of hydrogen-bond acceptors (Lipinski definition) is 3. The monoisotopic (exact) mass is 182 g/mol. The molecule has 4 N–H and O–H groups in total. The van der Waals surface area contributed by atoms with Gasteiger partial charge in [0.2, 0.25) is 5.91 Å². The number of hydrogen-bond donors (Lipinski definition) is 3. The number of rotatable bonds is 2. The second-order valence-electron chi connectivity index (χ2n) is 3.11. The summed E-state index contributed by atoms with van der Waals surface area (Å²) >= 11 is 0. The summed E-state index contributed by atoms with van der Waals surface area (Å²) in [6.07, 6.45) is 2.68. The van der Waals surface area contributed by atoms with E-state index >= 15 is 0 Å². The van der Waals surface area contributed by atoms with Crippen LogP contribution in [0, 0.1) is 0 Å². The van der Waals surface area contributed by atoms with Crippen molar-refractivity contribution in [1.29, 1.82) is 0 Å². The van der Waals surface area contributed by atoms with Crippen molar-refractivity contribution >= 4 is 5.91 Å². The first-order valence-corrected chi connectivity index (χ1v) is 4.11. The summed E-state index contributed by atoms with van der Waals surface area (Å²) < 4.78 is 0. The van der Waals surface area contributed by atoms with Gasteiger partial charge in [0.25, 0.3) is 0 Å². The fraction of sp³-hybridized carbons (Fsp3) is 0.444. The van der Waals surface area contributed by atoms with Gasteiger partial charge in [-0.15, -0.1) is 0 Å². The van der Waals surface area contributed by atoms with E-state index in [1.807, 2.05) is 6.92 Å². The van der Waals surface area contributed by atoms with E-state index in [-0.39, 0.29) is 6.04 Å². The van der Waals surface area contributed by atoms with E-state index in [0.717, 1.165) is 5.57 Å². The quantitative estimate of drug-likeness (QED) is 0.529. The minimum atomic E-state index is -0.669. The second-order valence-corrected chi connectivity index (χ2v) is 3.11. The van der Waals surface area contributed by atoms with Crippen molar-refractivity contribution in [3.63, 3.8) is 0 Å². The Morgan fingerprint density at radius 2 is 2.23 bits per heavy atom. The molecule has 4 nitrogen and oxygen atoms in total. The Hall–Kier alpha value is -1.13. The third-order valence-electron chi connectivity index (χ3n) is 2.24. The number of carbonyl (C=O) groups excluding carboxylic acids is 1. The molecule has 1 aliphatic carbocycles. The van der Waals surface area contributed by atoms with Gasteiger partial charge in [0.05, 0.1) is 12.1 Å². The van der Waals surface area contributed by atoms with Crippen molar-refractivity contribution in [2.45, 2.75) is 19.1 Å². The first-order chi connectivity index (χ1) is 6.07. The third-order valence-corrected chi connectivity index (χ3v) is 2.24. The van der Waals surface area contributed by atoms with Crippen LogP contribution < -0.4 is 11.1 Å². The van der Waals surface area contributed by atoms with Crippen molar-refractivity contribution in [1.82, 2.24) is 5.32 Å². The lowest BCUT2D eigenvalue weighted by molar-refractivity contribution is -0.115. The van der Waals surface area contributed by atoms with E-state index in [4.69, 9.17) is 5.73 Å². The molecule has 0 saturated carbocycles. The zero-order chi connectivity index (χ0) is 10.0. The molecule has 0 bridgehead atoms. The van der Waals surface area contributed by atoms with Crippen LogP contribution >= 0.6 is 0 Å². The molecule has 1 rings (SSSR count). The third kappa shape index (κ3) is 1.79. The molecular weight excluding hydrogens is 168 g/mol. The highest BCUT2D eigenvalue weighted by Crippen LogP contribution is 2.18. The van der Waals surface area contributed by atoms with Crippen LogP contribution in [-0.2, 0) is 4.79 Å². The molecule has 2 unspecified atom stereocenters. The topological polar surface area (TPSA) is 75.3 Å². The van der Waals surface area contributed by atoms with E-state index in [2.05, 4.69) is 5.32 Å². The molecule has 0 spiro atoms. The predicted molar refractivity (Wildman–Crippen MR) is 49.9 cm³/mol. The van der Waals surface area contributed by atoms with Crippen molar-refractivity contribution in [3.8, 4) is 0 Å². The lowest BCUT2D eigenvalue weighted by atomic mass is 9.91. The van der Waals surface area contributed by atoms with E-state index < -0.39 is 12.0 Å². The summed E-state index contributed by atoms with van der Waals surface area (Å²) in [4.78, 5) is 10.9. The molecule has 4 heteroatoms. The molecule has 0 aromatic rings. The molecule has 0 aliphatic heterocycles. The van der Waals surface area contributed by atoms with Gasteiger partial charge in [-0.05, 0) is 19.5 Å². The Labute approximate surface area is 77.1 Å². The van der Waals surface area contributed by atoms with Gasteiger partial charge in [0.1, 0.15) is 0 Å². The number of likely N-dealkylation sites (N-methyl/N-ethyl adjacent to an activating group) is 1. The number of aliphatic hydroxyl groups is 1. The number of nitrogens with one attached hydrogen (secondary N) is 1. The zero-order valence-electron chi connectivity index (χ0n) is 7.74. The number of amides is 1. The Kier molecular flexibility index (Phi) is 2.85. The summed E-state index contributed by atoms with van der Waals surface area (Å²) in [5.41, 5.74) is 6.39. The number of nitrogens with two attached hydrogens (primary N) is 1. The highest BCUT2D eigenvalue weighted by molar-refractivity contribution is 5.94. The van der Waals surface area contributed by atoms with Crippen LogP contribution in [0.5, 0.6) is 0 Å². The molecule has 0 heterocycles. The van der Waals surface area contributed by atoms with E-state index in [0.29, 0.717) is 5.57 Å². The maximum absolute atomic E-state index is 10.9. The Morgan fingerprint density at radius 3 is 2.69 bits per heavy atom. The normalized spacial score (nSPS) is 27.9. The van der Waals surface area contributed by atoms with Gasteiger partial charge in [-0.1, -0.05) is 12.2 Å². The largest absolute Gasteiger partial charge is 0.387 e. The van der Waals surface area contributed by atoms with Crippen LogP contribution in [0.2, 0.25) is 0 Å². The Morgan fingerprint density at radius 1 is 1.62 bits per heavy atom. The molecule has 0 aromatic carbocycles. The molecule has 0 aromatic heterocycles. The van der Waals surface area contributed by atoms with Crippen molar-refractivity contribution in [3.05, 3.63) is 23.3 Å². The molecule has 0 saturated heterocycles. The SMILES string of the molecule is CNC1C(C(N)=O)=CC=C(C)C1O. The molecule has 13 heavy (non-hydrogen) atoms. The van der Waals surface area contributed by atoms with Crippen LogP contribution in [-0.4, -0.2) is 30.2 Å². The van der Waals surface area contributed by atoms with Gasteiger partial charge in [0.15, 0.2) is 0 Å². The Bertz CT molecular complexity index is 281. The fourth-order valence-corrected chi connectivity index (χ4v) is 1.41. The average molecular weight is 182 g/mol. The molecule has 2 atom stereocenters. The van der Waals surface area contributed by atoms with Gasteiger partial charge in [-0.25, -0.2) is 0 Å². The minimum Gasteiger partial charge on any atom is -0.387 e. The van der Waals surface area contributed by atoms with Gasteiger partial charge in [-0.2, -0.15) is 0 Å². The van der Waals surface area contributed by atoms with Crippen LogP contribution in [0.3, 0.4) is 0 Å². The number of carbonyl (C=O) groups is 1. The Balaban J connectivity index is 2.99. The molecule has 72 valence electrons. The average Bonchev–Trinajstić information content (AvgIpc) is 2.09. The molecule has 0 fully saturated rings.